The van der Waals surface area contributed by atoms with Crippen molar-refractivity contribution in [1.82, 2.24) is 9.78 Å². The summed E-state index contributed by atoms with van der Waals surface area (Å²) in [6.07, 6.45) is 3.15. The molecule has 1 aromatic heterocycles. The first-order valence-corrected chi connectivity index (χ1v) is 9.52. The Balaban J connectivity index is 1.84. The first-order valence-electron chi connectivity index (χ1n) is 9.52. The summed E-state index contributed by atoms with van der Waals surface area (Å²) in [5.41, 5.74) is 5.36. The monoisotopic (exact) mass is 376 g/mol. The van der Waals surface area contributed by atoms with Crippen molar-refractivity contribution in [1.29, 1.82) is 0 Å². The van der Waals surface area contributed by atoms with Crippen molar-refractivity contribution in [2.75, 3.05) is 30.9 Å². The smallest absolute Gasteiger partial charge is 0.335 e. The van der Waals surface area contributed by atoms with Crippen LogP contribution in [0.4, 0.5) is 11.5 Å². The Hall–Kier alpha value is -3.28. The number of aromatic carboxylic acids is 1. The van der Waals surface area contributed by atoms with Crippen LogP contribution in [0.15, 0.2) is 48.5 Å². The molecule has 0 amide bonds. The average molecular weight is 376 g/mol. The Morgan fingerprint density at radius 3 is 2.64 bits per heavy atom. The van der Waals surface area contributed by atoms with Crippen molar-refractivity contribution in [2.24, 2.45) is 0 Å². The van der Waals surface area contributed by atoms with E-state index in [-0.39, 0.29) is 5.56 Å². The zero-order chi connectivity index (χ0) is 19.7. The lowest BCUT2D eigenvalue weighted by atomic mass is 10.0. The molecule has 6 heteroatoms. The van der Waals surface area contributed by atoms with Crippen LogP contribution >= 0.6 is 0 Å². The van der Waals surface area contributed by atoms with Gasteiger partial charge in [-0.1, -0.05) is 18.2 Å². The molecule has 0 spiro atoms. The number of carbonyl (C=O) groups is 1. The van der Waals surface area contributed by atoms with Gasteiger partial charge in [0, 0.05) is 37.5 Å². The third kappa shape index (κ3) is 3.33. The number of fused-ring (bicyclic) bond motifs is 1. The van der Waals surface area contributed by atoms with Crippen molar-refractivity contribution in [3.63, 3.8) is 0 Å². The van der Waals surface area contributed by atoms with Crippen LogP contribution in [0.5, 0.6) is 0 Å². The molecular formula is C22H24N4O2. The fraction of sp³-hybridized carbons (Fsp3) is 0.273. The quantitative estimate of drug-likeness (QED) is 0.719. The molecule has 4 rings (SSSR count). The number of carboxylic acid groups (broad SMARTS) is 1. The molecule has 1 aliphatic heterocycles. The minimum Gasteiger partial charge on any atom is -0.478 e. The maximum Gasteiger partial charge on any atom is 0.335 e. The van der Waals surface area contributed by atoms with Crippen LogP contribution < -0.4 is 10.2 Å². The summed E-state index contributed by atoms with van der Waals surface area (Å²) < 4.78 is 1.85. The molecule has 3 aromatic rings. The average Bonchev–Trinajstić information content (AvgIpc) is 2.89. The highest BCUT2D eigenvalue weighted by molar-refractivity contribution is 5.88. The zero-order valence-electron chi connectivity index (χ0n) is 16.1. The third-order valence-corrected chi connectivity index (χ3v) is 5.12. The van der Waals surface area contributed by atoms with E-state index in [2.05, 4.69) is 34.5 Å². The van der Waals surface area contributed by atoms with Gasteiger partial charge in [0.1, 0.15) is 5.82 Å². The molecule has 0 saturated carbocycles. The molecule has 0 radical (unpaired) electrons. The van der Waals surface area contributed by atoms with Crippen LogP contribution in [0.25, 0.3) is 16.9 Å². The van der Waals surface area contributed by atoms with Crippen LogP contribution in [0.2, 0.25) is 0 Å². The van der Waals surface area contributed by atoms with E-state index in [9.17, 15) is 9.90 Å². The Kier molecular flexibility index (Phi) is 4.77. The SMILES string of the molecule is CN(C)c1ccc(-c2nn(-c3cccc(C(=O)O)c3)c3c2CCCCN3)cc1. The summed E-state index contributed by atoms with van der Waals surface area (Å²) in [5, 5.41) is 17.7. The fourth-order valence-corrected chi connectivity index (χ4v) is 3.61. The predicted molar refractivity (Wildman–Crippen MR) is 112 cm³/mol. The van der Waals surface area contributed by atoms with Crippen LogP contribution in [0.3, 0.4) is 0 Å². The second-order valence-electron chi connectivity index (χ2n) is 7.27. The number of aromatic nitrogens is 2. The number of benzene rings is 2. The van der Waals surface area contributed by atoms with E-state index in [0.29, 0.717) is 0 Å². The predicted octanol–water partition coefficient (Wildman–Crippen LogP) is 4.05. The summed E-state index contributed by atoms with van der Waals surface area (Å²) in [4.78, 5) is 13.5. The summed E-state index contributed by atoms with van der Waals surface area (Å²) in [6.45, 7) is 0.885. The second-order valence-corrected chi connectivity index (χ2v) is 7.27. The second kappa shape index (κ2) is 7.38. The lowest BCUT2D eigenvalue weighted by Crippen LogP contribution is -2.08. The van der Waals surface area contributed by atoms with Gasteiger partial charge in [-0.25, -0.2) is 9.48 Å². The molecule has 144 valence electrons. The van der Waals surface area contributed by atoms with Gasteiger partial charge >= 0.3 is 5.97 Å². The zero-order valence-corrected chi connectivity index (χ0v) is 16.1. The number of hydrogen-bond acceptors (Lipinski definition) is 4. The molecule has 1 aliphatic rings. The molecule has 2 heterocycles. The number of hydrogen-bond donors (Lipinski definition) is 2. The van der Waals surface area contributed by atoms with E-state index in [4.69, 9.17) is 5.10 Å². The highest BCUT2D eigenvalue weighted by Crippen LogP contribution is 2.34. The van der Waals surface area contributed by atoms with Gasteiger partial charge in [0.05, 0.1) is 16.9 Å². The molecule has 2 aromatic carbocycles. The van der Waals surface area contributed by atoms with Crippen LogP contribution in [-0.4, -0.2) is 41.5 Å². The molecule has 0 aliphatic carbocycles. The Morgan fingerprint density at radius 1 is 1.14 bits per heavy atom. The van der Waals surface area contributed by atoms with E-state index in [1.54, 1.807) is 18.2 Å². The molecule has 0 atom stereocenters. The van der Waals surface area contributed by atoms with Gasteiger partial charge in [0.15, 0.2) is 0 Å². The largest absolute Gasteiger partial charge is 0.478 e. The molecule has 0 unspecified atom stereocenters. The number of nitrogens with zero attached hydrogens (tertiary/aromatic N) is 3. The lowest BCUT2D eigenvalue weighted by Gasteiger charge is -2.12. The number of carboxylic acids is 1. The molecule has 28 heavy (non-hydrogen) atoms. The van der Waals surface area contributed by atoms with Gasteiger partial charge in [-0.05, 0) is 49.6 Å². The van der Waals surface area contributed by atoms with Gasteiger partial charge in [-0.3, -0.25) is 0 Å². The molecule has 6 nitrogen and oxygen atoms in total. The highest BCUT2D eigenvalue weighted by Gasteiger charge is 2.22. The van der Waals surface area contributed by atoms with Crippen LogP contribution in [-0.2, 0) is 6.42 Å². The molecule has 0 saturated heterocycles. The maximum absolute atomic E-state index is 11.4. The van der Waals surface area contributed by atoms with E-state index in [1.807, 2.05) is 24.8 Å². The highest BCUT2D eigenvalue weighted by atomic mass is 16.4. The van der Waals surface area contributed by atoms with Gasteiger partial charge in [0.2, 0.25) is 0 Å². The topological polar surface area (TPSA) is 70.4 Å². The van der Waals surface area contributed by atoms with Gasteiger partial charge < -0.3 is 15.3 Å². The van der Waals surface area contributed by atoms with Crippen molar-refractivity contribution < 1.29 is 9.90 Å². The number of nitrogens with one attached hydrogen (secondary N) is 1. The lowest BCUT2D eigenvalue weighted by molar-refractivity contribution is 0.0697. The molecule has 0 fully saturated rings. The first kappa shape index (κ1) is 18.1. The normalized spacial score (nSPS) is 13.4. The molecule has 0 bridgehead atoms. The molecule has 2 N–H and O–H groups in total. The van der Waals surface area contributed by atoms with Gasteiger partial charge in [0.25, 0.3) is 0 Å². The number of rotatable bonds is 4. The summed E-state index contributed by atoms with van der Waals surface area (Å²) in [6, 6.07) is 15.3. The van der Waals surface area contributed by atoms with Gasteiger partial charge in [-0.2, -0.15) is 5.10 Å². The fourth-order valence-electron chi connectivity index (χ4n) is 3.61. The van der Waals surface area contributed by atoms with Crippen molar-refractivity contribution in [3.05, 3.63) is 59.7 Å². The minimum atomic E-state index is -0.937. The summed E-state index contributed by atoms with van der Waals surface area (Å²) >= 11 is 0. The van der Waals surface area contributed by atoms with Gasteiger partial charge in [-0.15, -0.1) is 0 Å². The van der Waals surface area contributed by atoms with E-state index >= 15 is 0 Å². The van der Waals surface area contributed by atoms with Crippen molar-refractivity contribution in [3.8, 4) is 16.9 Å². The van der Waals surface area contributed by atoms with E-state index in [1.165, 1.54) is 5.56 Å². The molecular weight excluding hydrogens is 352 g/mol. The maximum atomic E-state index is 11.4. The summed E-state index contributed by atoms with van der Waals surface area (Å²) in [5.74, 6) is 0.0271. The standard InChI is InChI=1S/C22H24N4O2/c1-25(2)17-11-9-15(10-12-17)20-19-8-3-4-13-23-21(19)26(24-20)18-7-5-6-16(14-18)22(27)28/h5-7,9-12,14,23H,3-4,8,13H2,1-2H3,(H,27,28). The Labute approximate surface area is 164 Å². The van der Waals surface area contributed by atoms with Crippen molar-refractivity contribution >= 4 is 17.5 Å². The van der Waals surface area contributed by atoms with Crippen LogP contribution in [0.1, 0.15) is 28.8 Å². The van der Waals surface area contributed by atoms with Crippen LogP contribution in [0, 0.1) is 0 Å². The first-order chi connectivity index (χ1) is 13.5. The van der Waals surface area contributed by atoms with Crippen molar-refractivity contribution in [2.45, 2.75) is 19.3 Å². The Bertz CT molecular complexity index is 1010. The van der Waals surface area contributed by atoms with E-state index < -0.39 is 5.97 Å². The van der Waals surface area contributed by atoms with E-state index in [0.717, 1.165) is 54.3 Å². The number of anilines is 2. The minimum absolute atomic E-state index is 0.257. The summed E-state index contributed by atoms with van der Waals surface area (Å²) in [7, 11) is 4.05. The third-order valence-electron chi connectivity index (χ3n) is 5.12. The Morgan fingerprint density at radius 2 is 1.93 bits per heavy atom.